The highest BCUT2D eigenvalue weighted by atomic mass is 32.2. The molecule has 2 fully saturated rings. The Labute approximate surface area is 96.3 Å². The van der Waals surface area contributed by atoms with Crippen LogP contribution in [0.3, 0.4) is 0 Å². The Balaban J connectivity index is 1.76. The van der Waals surface area contributed by atoms with Gasteiger partial charge < -0.3 is 5.32 Å². The molecule has 5 heteroatoms. The fourth-order valence-electron chi connectivity index (χ4n) is 2.25. The highest BCUT2D eigenvalue weighted by Crippen LogP contribution is 2.20. The van der Waals surface area contributed by atoms with E-state index in [0.29, 0.717) is 23.6 Å². The van der Waals surface area contributed by atoms with E-state index < -0.39 is 9.84 Å². The van der Waals surface area contributed by atoms with Gasteiger partial charge in [0.2, 0.25) is 0 Å². The molecule has 88 valence electrons. The fourth-order valence-corrected chi connectivity index (χ4v) is 4.85. The summed E-state index contributed by atoms with van der Waals surface area (Å²) in [5.74, 6) is 3.27. The van der Waals surface area contributed by atoms with E-state index in [9.17, 15) is 8.42 Å². The molecule has 2 saturated heterocycles. The van der Waals surface area contributed by atoms with Crippen LogP contribution in [0.4, 0.5) is 0 Å². The second-order valence-corrected chi connectivity index (χ2v) is 8.01. The fraction of sp³-hybridized carbons (Fsp3) is 1.00. The summed E-state index contributed by atoms with van der Waals surface area (Å²) in [5.41, 5.74) is 0. The lowest BCUT2D eigenvalue weighted by atomic mass is 10.1. The first-order valence-corrected chi connectivity index (χ1v) is 8.67. The molecular formula is C10H19NO2S2. The van der Waals surface area contributed by atoms with E-state index in [1.807, 2.05) is 11.8 Å². The summed E-state index contributed by atoms with van der Waals surface area (Å²) in [6.07, 6.45) is 4.11. The van der Waals surface area contributed by atoms with E-state index in [-0.39, 0.29) is 0 Å². The number of rotatable bonds is 2. The molecule has 3 nitrogen and oxygen atoms in total. The summed E-state index contributed by atoms with van der Waals surface area (Å²) in [7, 11) is -2.70. The van der Waals surface area contributed by atoms with Crippen molar-refractivity contribution in [2.45, 2.75) is 37.8 Å². The first kappa shape index (κ1) is 11.7. The van der Waals surface area contributed by atoms with Crippen LogP contribution in [0.5, 0.6) is 0 Å². The third-order valence-electron chi connectivity index (χ3n) is 3.25. The minimum atomic E-state index is -2.70. The van der Waals surface area contributed by atoms with E-state index in [4.69, 9.17) is 0 Å². The van der Waals surface area contributed by atoms with Crippen LogP contribution in [-0.4, -0.2) is 43.5 Å². The quantitative estimate of drug-likeness (QED) is 0.794. The van der Waals surface area contributed by atoms with E-state index in [1.54, 1.807) is 0 Å². The summed E-state index contributed by atoms with van der Waals surface area (Å²) < 4.78 is 22.5. The molecule has 0 saturated carbocycles. The molecule has 0 atom stereocenters. The predicted molar refractivity (Wildman–Crippen MR) is 65.2 cm³/mol. The van der Waals surface area contributed by atoms with Crippen LogP contribution in [0.15, 0.2) is 0 Å². The zero-order valence-corrected chi connectivity index (χ0v) is 10.6. The molecule has 2 aliphatic rings. The molecule has 0 unspecified atom stereocenters. The Hall–Kier alpha value is 0.260. The van der Waals surface area contributed by atoms with Gasteiger partial charge in [0, 0.05) is 12.1 Å². The summed E-state index contributed by atoms with van der Waals surface area (Å²) in [6, 6.07) is 1.08. The molecule has 15 heavy (non-hydrogen) atoms. The van der Waals surface area contributed by atoms with Crippen LogP contribution in [0.25, 0.3) is 0 Å². The van der Waals surface area contributed by atoms with Crippen LogP contribution in [-0.2, 0) is 9.84 Å². The first-order chi connectivity index (χ1) is 7.16. The molecule has 0 spiro atoms. The van der Waals surface area contributed by atoms with Gasteiger partial charge in [-0.2, -0.15) is 11.8 Å². The van der Waals surface area contributed by atoms with Gasteiger partial charge in [0.1, 0.15) is 9.84 Å². The summed E-state index contributed by atoms with van der Waals surface area (Å²) in [5, 5.41) is 3.62. The van der Waals surface area contributed by atoms with Crippen molar-refractivity contribution in [1.29, 1.82) is 0 Å². The zero-order chi connectivity index (χ0) is 10.7. The van der Waals surface area contributed by atoms with Gasteiger partial charge in [0.05, 0.1) is 11.5 Å². The Bertz CT molecular complexity index is 283. The SMILES string of the molecule is O=S1(=O)CCC(NC2CCSCC2)CC1. The van der Waals surface area contributed by atoms with Crippen molar-refractivity contribution in [3.63, 3.8) is 0 Å². The van der Waals surface area contributed by atoms with Crippen LogP contribution in [0.2, 0.25) is 0 Å². The lowest BCUT2D eigenvalue weighted by Gasteiger charge is -2.30. The Kier molecular flexibility index (Phi) is 3.96. The average molecular weight is 249 g/mol. The highest BCUT2D eigenvalue weighted by Gasteiger charge is 2.25. The summed E-state index contributed by atoms with van der Waals surface area (Å²) in [6.45, 7) is 0. The van der Waals surface area contributed by atoms with Gasteiger partial charge in [-0.3, -0.25) is 0 Å². The Morgan fingerprint density at radius 3 is 2.07 bits per heavy atom. The van der Waals surface area contributed by atoms with Crippen LogP contribution >= 0.6 is 11.8 Å². The van der Waals surface area contributed by atoms with E-state index in [2.05, 4.69) is 5.32 Å². The lowest BCUT2D eigenvalue weighted by Crippen LogP contribution is -2.44. The van der Waals surface area contributed by atoms with Gasteiger partial charge in [0.15, 0.2) is 0 Å². The smallest absolute Gasteiger partial charge is 0.150 e. The molecule has 0 aromatic heterocycles. The number of thioether (sulfide) groups is 1. The number of nitrogens with one attached hydrogen (secondary N) is 1. The molecule has 0 aromatic carbocycles. The zero-order valence-electron chi connectivity index (χ0n) is 8.94. The third kappa shape index (κ3) is 3.64. The standard InChI is InChI=1S/C10H19NO2S2/c12-15(13)7-3-10(4-8-15)11-9-1-5-14-6-2-9/h9-11H,1-8H2. The molecular weight excluding hydrogens is 230 g/mol. The number of hydrogen-bond donors (Lipinski definition) is 1. The summed E-state index contributed by atoms with van der Waals surface area (Å²) >= 11 is 2.02. The Morgan fingerprint density at radius 1 is 0.933 bits per heavy atom. The lowest BCUT2D eigenvalue weighted by molar-refractivity contribution is 0.383. The van der Waals surface area contributed by atoms with Gasteiger partial charge in [-0.15, -0.1) is 0 Å². The van der Waals surface area contributed by atoms with Crippen LogP contribution < -0.4 is 5.32 Å². The Morgan fingerprint density at radius 2 is 1.47 bits per heavy atom. The van der Waals surface area contributed by atoms with Crippen molar-refractivity contribution in [3.8, 4) is 0 Å². The van der Waals surface area contributed by atoms with Gasteiger partial charge in [-0.05, 0) is 37.2 Å². The maximum atomic E-state index is 11.3. The average Bonchev–Trinajstić information content (AvgIpc) is 2.23. The topological polar surface area (TPSA) is 46.2 Å². The van der Waals surface area contributed by atoms with Crippen LogP contribution in [0.1, 0.15) is 25.7 Å². The van der Waals surface area contributed by atoms with E-state index in [0.717, 1.165) is 12.8 Å². The van der Waals surface area contributed by atoms with Crippen molar-refractivity contribution in [3.05, 3.63) is 0 Å². The molecule has 0 aromatic rings. The van der Waals surface area contributed by atoms with Crippen molar-refractivity contribution < 1.29 is 8.42 Å². The normalized spacial score (nSPS) is 29.1. The summed E-state index contributed by atoms with van der Waals surface area (Å²) in [4.78, 5) is 0. The van der Waals surface area contributed by atoms with Crippen molar-refractivity contribution in [2.75, 3.05) is 23.0 Å². The first-order valence-electron chi connectivity index (χ1n) is 5.70. The molecule has 1 N–H and O–H groups in total. The van der Waals surface area contributed by atoms with E-state index in [1.165, 1.54) is 24.3 Å². The molecule has 2 rings (SSSR count). The maximum absolute atomic E-state index is 11.3. The number of sulfone groups is 1. The largest absolute Gasteiger partial charge is 0.311 e. The molecule has 0 aliphatic carbocycles. The minimum absolute atomic E-state index is 0.381. The van der Waals surface area contributed by atoms with Gasteiger partial charge in [-0.25, -0.2) is 8.42 Å². The monoisotopic (exact) mass is 249 g/mol. The second-order valence-electron chi connectivity index (χ2n) is 4.48. The highest BCUT2D eigenvalue weighted by molar-refractivity contribution is 7.99. The second kappa shape index (κ2) is 5.06. The van der Waals surface area contributed by atoms with Gasteiger partial charge in [0.25, 0.3) is 0 Å². The minimum Gasteiger partial charge on any atom is -0.311 e. The number of hydrogen-bond acceptors (Lipinski definition) is 4. The van der Waals surface area contributed by atoms with Crippen LogP contribution in [0, 0.1) is 0 Å². The van der Waals surface area contributed by atoms with Gasteiger partial charge in [-0.1, -0.05) is 0 Å². The molecule has 2 heterocycles. The van der Waals surface area contributed by atoms with Crippen molar-refractivity contribution >= 4 is 21.6 Å². The molecule has 2 aliphatic heterocycles. The third-order valence-corrected chi connectivity index (χ3v) is 6.01. The predicted octanol–water partition coefficient (Wildman–Crippen LogP) is 1.05. The maximum Gasteiger partial charge on any atom is 0.150 e. The van der Waals surface area contributed by atoms with E-state index >= 15 is 0 Å². The molecule has 0 amide bonds. The molecule has 0 bridgehead atoms. The van der Waals surface area contributed by atoms with Gasteiger partial charge >= 0.3 is 0 Å². The van der Waals surface area contributed by atoms with Crippen molar-refractivity contribution in [2.24, 2.45) is 0 Å². The van der Waals surface area contributed by atoms with Crippen molar-refractivity contribution in [1.82, 2.24) is 5.32 Å². The molecule has 0 radical (unpaired) electrons.